The molecule has 80 heavy (non-hydrogen) atoms. The van der Waals surface area contributed by atoms with Crippen LogP contribution in [-0.2, 0) is 4.79 Å². The first-order chi connectivity index (χ1) is 39.6. The number of carboxylic acids is 1. The molecule has 7 nitrogen and oxygen atoms in total. The summed E-state index contributed by atoms with van der Waals surface area (Å²) >= 11 is 0. The van der Waals surface area contributed by atoms with Crippen LogP contribution in [0, 0.1) is 0 Å². The topological polar surface area (TPSA) is 93.0 Å². The van der Waals surface area contributed by atoms with Gasteiger partial charge in [0.2, 0.25) is 0 Å². The highest BCUT2D eigenvalue weighted by molar-refractivity contribution is 6.16. The number of ether oxygens (including phenoxy) is 1. The Kier molecular flexibility index (Phi) is 13.5. The molecular weight excluding hydrogens is 981 g/mol. The van der Waals surface area contributed by atoms with Crippen molar-refractivity contribution in [2.45, 2.75) is 19.3 Å². The van der Waals surface area contributed by atoms with Crippen LogP contribution in [0.4, 0.5) is 0 Å². The van der Waals surface area contributed by atoms with Crippen molar-refractivity contribution in [2.24, 2.45) is 0 Å². The minimum atomic E-state index is -0.824. The number of H-pyrrole nitrogens is 1. The van der Waals surface area contributed by atoms with E-state index in [1.807, 2.05) is 12.1 Å². The number of hydrogen-bond acceptors (Lipinski definition) is 4. The van der Waals surface area contributed by atoms with Gasteiger partial charge in [0.1, 0.15) is 5.75 Å². The van der Waals surface area contributed by atoms with Crippen LogP contribution < -0.4 is 4.74 Å². The van der Waals surface area contributed by atoms with E-state index >= 15 is 0 Å². The first-order valence-electron chi connectivity index (χ1n) is 27.2. The number of fused-ring (bicyclic) bond motifs is 8. The number of unbranched alkanes of at least 4 members (excludes halogenated alkanes) is 1. The van der Waals surface area contributed by atoms with Crippen molar-refractivity contribution < 1.29 is 14.6 Å². The zero-order chi connectivity index (χ0) is 53.8. The third-order valence-electron chi connectivity index (χ3n) is 14.9. The number of rotatable bonds is 14. The predicted molar refractivity (Wildman–Crippen MR) is 328 cm³/mol. The van der Waals surface area contributed by atoms with Crippen molar-refractivity contribution in [1.82, 2.24) is 19.5 Å². The summed E-state index contributed by atoms with van der Waals surface area (Å²) in [5.41, 5.74) is 21.3. The summed E-state index contributed by atoms with van der Waals surface area (Å²) < 4.78 is 9.40. The van der Waals surface area contributed by atoms with Gasteiger partial charge in [-0.15, -0.1) is 0 Å². The van der Waals surface area contributed by atoms with E-state index in [1.54, 1.807) is 0 Å². The summed E-state index contributed by atoms with van der Waals surface area (Å²) in [7, 11) is 0. The van der Waals surface area contributed by atoms with Crippen molar-refractivity contribution in [1.29, 1.82) is 0 Å². The standard InChI is InChI=1S/C73H54N4O3/c78-64(79)42-24-25-47-80-63-41-23-22-40-56(63)70-71-57(49-26-8-1-9-27-49)48-62(76-71)66(51-30-12-3-13-31-51)60-44-43-58(74-60)65(50-28-10-2-11-29-50)59-45-46-61(75-59)67(52-32-14-4-15-33-52)72-68(53-34-16-5-17-35-53)69(54-36-18-6-19-37-54)73(70)77(72)55-38-20-7-21-39-55/h1-23,26-41,43-46,48,74H,24-25,42,47H2,(H,78,79). The quantitative estimate of drug-likeness (QED) is 0.106. The molecule has 0 saturated heterocycles. The number of nitrogens with one attached hydrogen (secondary N) is 1. The molecule has 8 aromatic carbocycles. The fourth-order valence-corrected chi connectivity index (χ4v) is 11.4. The van der Waals surface area contributed by atoms with Crippen LogP contribution in [0.15, 0.2) is 249 Å². The molecule has 384 valence electrons. The fourth-order valence-electron chi connectivity index (χ4n) is 11.4. The van der Waals surface area contributed by atoms with E-state index in [0.717, 1.165) is 128 Å². The summed E-state index contributed by atoms with van der Waals surface area (Å²) in [5.74, 6) is -0.172. The fraction of sp³-hybridized carbons (Fsp3) is 0.0548. The highest BCUT2D eigenvalue weighted by atomic mass is 16.5. The zero-order valence-corrected chi connectivity index (χ0v) is 43.8. The van der Waals surface area contributed by atoms with Crippen molar-refractivity contribution in [3.63, 3.8) is 0 Å². The lowest BCUT2D eigenvalue weighted by Crippen LogP contribution is -2.03. The van der Waals surface area contributed by atoms with E-state index in [4.69, 9.17) is 14.7 Å². The van der Waals surface area contributed by atoms with Gasteiger partial charge >= 0.3 is 5.97 Å². The second kappa shape index (κ2) is 21.9. The van der Waals surface area contributed by atoms with Crippen LogP contribution in [0.2, 0.25) is 0 Å². The third kappa shape index (κ3) is 9.41. The van der Waals surface area contributed by atoms with Gasteiger partial charge in [0.15, 0.2) is 0 Å². The predicted octanol–water partition coefficient (Wildman–Crippen LogP) is 18.2. The number of carbonyl (C=O) groups is 1. The second-order valence-electron chi connectivity index (χ2n) is 19.9. The summed E-state index contributed by atoms with van der Waals surface area (Å²) in [6, 6.07) is 87.0. The van der Waals surface area contributed by atoms with Gasteiger partial charge in [-0.25, -0.2) is 9.97 Å². The van der Waals surface area contributed by atoms with E-state index in [2.05, 4.69) is 264 Å². The summed E-state index contributed by atoms with van der Waals surface area (Å²) in [4.78, 5) is 27.5. The molecule has 5 heterocycles. The number of benzene rings is 8. The van der Waals surface area contributed by atoms with Gasteiger partial charge < -0.3 is 19.4 Å². The van der Waals surface area contributed by atoms with Gasteiger partial charge in [0.05, 0.1) is 40.4 Å². The molecule has 0 saturated carbocycles. The first-order valence-corrected chi connectivity index (χ1v) is 27.2. The molecule has 0 unspecified atom stereocenters. The number of nitrogens with zero attached hydrogens (tertiary/aromatic N) is 3. The van der Waals surface area contributed by atoms with Crippen LogP contribution >= 0.6 is 0 Å². The largest absolute Gasteiger partial charge is 0.493 e. The molecule has 0 atom stereocenters. The van der Waals surface area contributed by atoms with E-state index in [0.29, 0.717) is 25.2 Å². The SMILES string of the molecule is O=C(O)CCCCOc1ccccc1-c1c2nc(c(-c3ccccc3)c3ccc([nH]3)c(-c3ccccc3)c3nc(c(-c4ccccc4)c4c(-c5ccccc5)c(-c5ccccc5)c1n4-c1ccccc1)C=C3)C=C2c1ccccc1. The molecule has 2 N–H and O–H groups in total. The van der Waals surface area contributed by atoms with E-state index < -0.39 is 5.97 Å². The van der Waals surface area contributed by atoms with E-state index in [9.17, 15) is 9.90 Å². The number of carboxylic acid groups (broad SMARTS) is 1. The zero-order valence-electron chi connectivity index (χ0n) is 43.8. The maximum atomic E-state index is 11.7. The molecule has 2 aliphatic heterocycles. The second-order valence-corrected chi connectivity index (χ2v) is 19.9. The Morgan fingerprint density at radius 3 is 1.38 bits per heavy atom. The Hall–Kier alpha value is -10.4. The molecular formula is C73H54N4O3. The molecule has 0 amide bonds. The molecule has 0 fully saturated rings. The molecule has 2 aliphatic rings. The van der Waals surface area contributed by atoms with Crippen molar-refractivity contribution in [3.8, 4) is 78.2 Å². The van der Waals surface area contributed by atoms with E-state index in [1.165, 1.54) is 0 Å². The summed E-state index contributed by atoms with van der Waals surface area (Å²) in [5, 5.41) is 9.62. The Bertz CT molecular complexity index is 4310. The molecule has 7 heteroatoms. The lowest BCUT2D eigenvalue weighted by Gasteiger charge is -2.18. The molecule has 8 bridgehead atoms. The Morgan fingerprint density at radius 1 is 0.425 bits per heavy atom. The monoisotopic (exact) mass is 1030 g/mol. The minimum absolute atomic E-state index is 0.0627. The van der Waals surface area contributed by atoms with Gasteiger partial charge in [-0.05, 0) is 94.8 Å². The summed E-state index contributed by atoms with van der Waals surface area (Å²) in [6.45, 7) is 0.314. The third-order valence-corrected chi connectivity index (χ3v) is 14.9. The van der Waals surface area contributed by atoms with Gasteiger partial charge in [-0.2, -0.15) is 0 Å². The molecule has 13 rings (SSSR count). The number of aromatic amines is 1. The van der Waals surface area contributed by atoms with Crippen LogP contribution in [0.5, 0.6) is 5.75 Å². The average molecular weight is 1040 g/mol. The maximum absolute atomic E-state index is 11.7. The van der Waals surface area contributed by atoms with Crippen molar-refractivity contribution in [2.75, 3.05) is 6.61 Å². The highest BCUT2D eigenvalue weighted by Crippen LogP contribution is 2.52. The number of aliphatic carboxylic acids is 1. The Balaban J connectivity index is 1.36. The summed E-state index contributed by atoms with van der Waals surface area (Å²) in [6.07, 6.45) is 7.70. The van der Waals surface area contributed by atoms with Gasteiger partial charge in [-0.1, -0.05) is 218 Å². The lowest BCUT2D eigenvalue weighted by atomic mass is 9.90. The van der Waals surface area contributed by atoms with Crippen molar-refractivity contribution in [3.05, 3.63) is 277 Å². The van der Waals surface area contributed by atoms with Crippen LogP contribution in [0.25, 0.3) is 118 Å². The van der Waals surface area contributed by atoms with Gasteiger partial charge in [0.25, 0.3) is 0 Å². The number of hydrogen-bond donors (Lipinski definition) is 2. The van der Waals surface area contributed by atoms with Crippen molar-refractivity contribution >= 4 is 51.8 Å². The Morgan fingerprint density at radius 2 is 0.850 bits per heavy atom. The maximum Gasteiger partial charge on any atom is 0.303 e. The average Bonchev–Trinajstić information content (AvgIpc) is 4.50. The van der Waals surface area contributed by atoms with Gasteiger partial charge in [0, 0.05) is 67.7 Å². The van der Waals surface area contributed by atoms with E-state index in [-0.39, 0.29) is 6.42 Å². The minimum Gasteiger partial charge on any atom is -0.493 e. The highest BCUT2D eigenvalue weighted by Gasteiger charge is 2.32. The van der Waals surface area contributed by atoms with Crippen LogP contribution in [0.3, 0.4) is 0 Å². The first kappa shape index (κ1) is 49.2. The number of para-hydroxylation sites is 2. The number of aromatic nitrogens is 4. The van der Waals surface area contributed by atoms with Gasteiger partial charge in [-0.3, -0.25) is 4.79 Å². The molecule has 3 aromatic heterocycles. The van der Waals surface area contributed by atoms with Crippen LogP contribution in [0.1, 0.15) is 47.6 Å². The Labute approximate surface area is 464 Å². The smallest absolute Gasteiger partial charge is 0.303 e. The molecule has 11 aromatic rings. The van der Waals surface area contributed by atoms with Crippen LogP contribution in [-0.4, -0.2) is 37.2 Å². The molecule has 0 radical (unpaired) electrons. The lowest BCUT2D eigenvalue weighted by molar-refractivity contribution is -0.137. The molecule has 0 spiro atoms. The normalized spacial score (nSPS) is 11.8. The molecule has 0 aliphatic carbocycles.